The van der Waals surface area contributed by atoms with E-state index >= 15 is 0 Å². The molecule has 1 aromatic rings. The van der Waals surface area contributed by atoms with Gasteiger partial charge in [-0.05, 0) is 32.8 Å². The SMILES string of the molecule is CC(C)Oc1ccnc(C2(N)CC2)c1. The van der Waals surface area contributed by atoms with E-state index in [0.29, 0.717) is 0 Å². The van der Waals surface area contributed by atoms with Gasteiger partial charge in [-0.2, -0.15) is 0 Å². The lowest BCUT2D eigenvalue weighted by atomic mass is 10.2. The van der Waals surface area contributed by atoms with Crippen molar-refractivity contribution in [1.29, 1.82) is 0 Å². The Bertz CT molecular complexity index is 332. The Labute approximate surface area is 84.3 Å². The van der Waals surface area contributed by atoms with Crippen LogP contribution in [0.15, 0.2) is 18.3 Å². The first kappa shape index (κ1) is 9.46. The van der Waals surface area contributed by atoms with Crippen LogP contribution in [0.1, 0.15) is 32.4 Å². The molecule has 0 aromatic carbocycles. The molecule has 0 unspecified atom stereocenters. The molecule has 1 saturated carbocycles. The monoisotopic (exact) mass is 192 g/mol. The molecule has 0 saturated heterocycles. The third-order valence-corrected chi connectivity index (χ3v) is 2.40. The first-order valence-corrected chi connectivity index (χ1v) is 5.02. The summed E-state index contributed by atoms with van der Waals surface area (Å²) in [5.74, 6) is 0.863. The summed E-state index contributed by atoms with van der Waals surface area (Å²) >= 11 is 0. The van der Waals surface area contributed by atoms with E-state index in [0.717, 1.165) is 24.3 Å². The topological polar surface area (TPSA) is 48.1 Å². The highest BCUT2D eigenvalue weighted by Gasteiger charge is 2.41. The van der Waals surface area contributed by atoms with Crippen molar-refractivity contribution >= 4 is 0 Å². The second-order valence-corrected chi connectivity index (χ2v) is 4.20. The molecule has 0 spiro atoms. The number of pyridine rings is 1. The lowest BCUT2D eigenvalue weighted by molar-refractivity contribution is 0.241. The van der Waals surface area contributed by atoms with E-state index in [-0.39, 0.29) is 11.6 Å². The summed E-state index contributed by atoms with van der Waals surface area (Å²) in [5, 5.41) is 0. The van der Waals surface area contributed by atoms with Gasteiger partial charge in [0.1, 0.15) is 5.75 Å². The molecule has 1 aliphatic rings. The number of nitrogens with zero attached hydrogens (tertiary/aromatic N) is 1. The van der Waals surface area contributed by atoms with Crippen molar-refractivity contribution in [3.05, 3.63) is 24.0 Å². The van der Waals surface area contributed by atoms with E-state index in [4.69, 9.17) is 10.5 Å². The first-order chi connectivity index (χ1) is 6.60. The van der Waals surface area contributed by atoms with Gasteiger partial charge in [-0.25, -0.2) is 0 Å². The van der Waals surface area contributed by atoms with Crippen molar-refractivity contribution in [3.8, 4) is 5.75 Å². The molecule has 0 amide bonds. The second-order valence-electron chi connectivity index (χ2n) is 4.20. The fraction of sp³-hybridized carbons (Fsp3) is 0.545. The Balaban J connectivity index is 2.19. The normalized spacial score (nSPS) is 18.3. The fourth-order valence-electron chi connectivity index (χ4n) is 1.42. The number of rotatable bonds is 3. The molecule has 3 nitrogen and oxygen atoms in total. The minimum atomic E-state index is -0.170. The van der Waals surface area contributed by atoms with Crippen LogP contribution in [0.5, 0.6) is 5.75 Å². The number of aromatic nitrogens is 1. The molecule has 14 heavy (non-hydrogen) atoms. The average Bonchev–Trinajstić information content (AvgIpc) is 2.84. The lowest BCUT2D eigenvalue weighted by Gasteiger charge is -2.12. The molecule has 1 aromatic heterocycles. The van der Waals surface area contributed by atoms with Crippen LogP contribution in [0.25, 0.3) is 0 Å². The van der Waals surface area contributed by atoms with Gasteiger partial charge < -0.3 is 10.5 Å². The summed E-state index contributed by atoms with van der Waals surface area (Å²) in [6.07, 6.45) is 4.02. The van der Waals surface area contributed by atoms with E-state index < -0.39 is 0 Å². The maximum absolute atomic E-state index is 6.05. The zero-order valence-corrected chi connectivity index (χ0v) is 8.66. The summed E-state index contributed by atoms with van der Waals surface area (Å²) in [6.45, 7) is 4.02. The quantitative estimate of drug-likeness (QED) is 0.794. The van der Waals surface area contributed by atoms with Crippen molar-refractivity contribution in [2.45, 2.75) is 38.3 Å². The van der Waals surface area contributed by atoms with Crippen LogP contribution >= 0.6 is 0 Å². The van der Waals surface area contributed by atoms with Crippen LogP contribution in [0, 0.1) is 0 Å². The van der Waals surface area contributed by atoms with Gasteiger partial charge in [-0.1, -0.05) is 0 Å². The van der Waals surface area contributed by atoms with Gasteiger partial charge in [-0.15, -0.1) is 0 Å². The summed E-state index contributed by atoms with van der Waals surface area (Å²) in [7, 11) is 0. The Hall–Kier alpha value is -1.09. The number of hydrogen-bond donors (Lipinski definition) is 1. The fourth-order valence-corrected chi connectivity index (χ4v) is 1.42. The highest BCUT2D eigenvalue weighted by atomic mass is 16.5. The third-order valence-electron chi connectivity index (χ3n) is 2.40. The highest BCUT2D eigenvalue weighted by molar-refractivity contribution is 5.30. The summed E-state index contributed by atoms with van der Waals surface area (Å²) < 4.78 is 5.58. The van der Waals surface area contributed by atoms with Crippen LogP contribution < -0.4 is 10.5 Å². The van der Waals surface area contributed by atoms with E-state index in [1.54, 1.807) is 6.20 Å². The molecule has 0 aliphatic heterocycles. The molecule has 3 heteroatoms. The Morgan fingerprint density at radius 3 is 2.79 bits per heavy atom. The smallest absolute Gasteiger partial charge is 0.123 e. The van der Waals surface area contributed by atoms with Gasteiger partial charge in [0, 0.05) is 12.3 Å². The molecule has 1 aliphatic carbocycles. The van der Waals surface area contributed by atoms with Crippen molar-refractivity contribution in [3.63, 3.8) is 0 Å². The van der Waals surface area contributed by atoms with Crippen molar-refractivity contribution in [2.24, 2.45) is 5.73 Å². The van der Waals surface area contributed by atoms with E-state index in [9.17, 15) is 0 Å². The average molecular weight is 192 g/mol. The van der Waals surface area contributed by atoms with E-state index in [2.05, 4.69) is 4.98 Å². The Morgan fingerprint density at radius 1 is 1.50 bits per heavy atom. The third kappa shape index (κ3) is 1.87. The van der Waals surface area contributed by atoms with Crippen LogP contribution in [-0.4, -0.2) is 11.1 Å². The van der Waals surface area contributed by atoms with Crippen LogP contribution in [0.2, 0.25) is 0 Å². The predicted octanol–water partition coefficient (Wildman–Crippen LogP) is 1.82. The van der Waals surface area contributed by atoms with Crippen molar-refractivity contribution < 1.29 is 4.74 Å². The number of hydrogen-bond acceptors (Lipinski definition) is 3. The van der Waals surface area contributed by atoms with Crippen LogP contribution in [0.4, 0.5) is 0 Å². The Kier molecular flexibility index (Phi) is 2.19. The van der Waals surface area contributed by atoms with Crippen molar-refractivity contribution in [2.75, 3.05) is 0 Å². The molecule has 76 valence electrons. The Morgan fingerprint density at radius 2 is 2.21 bits per heavy atom. The van der Waals surface area contributed by atoms with Crippen LogP contribution in [0.3, 0.4) is 0 Å². The van der Waals surface area contributed by atoms with Gasteiger partial charge in [0.25, 0.3) is 0 Å². The molecule has 0 radical (unpaired) electrons. The molecule has 1 fully saturated rings. The minimum absolute atomic E-state index is 0.170. The van der Waals surface area contributed by atoms with Crippen LogP contribution in [-0.2, 0) is 5.54 Å². The van der Waals surface area contributed by atoms with Gasteiger partial charge in [0.2, 0.25) is 0 Å². The molecular formula is C11H16N2O. The zero-order valence-electron chi connectivity index (χ0n) is 8.66. The van der Waals surface area contributed by atoms with Gasteiger partial charge in [0.05, 0.1) is 17.3 Å². The maximum atomic E-state index is 6.05. The summed E-state index contributed by atoms with van der Waals surface area (Å²) in [4.78, 5) is 4.28. The number of ether oxygens (including phenoxy) is 1. The molecule has 1 heterocycles. The van der Waals surface area contributed by atoms with Crippen molar-refractivity contribution in [1.82, 2.24) is 4.98 Å². The zero-order chi connectivity index (χ0) is 10.2. The van der Waals surface area contributed by atoms with E-state index in [1.165, 1.54) is 0 Å². The summed E-state index contributed by atoms with van der Waals surface area (Å²) in [6, 6.07) is 3.82. The van der Waals surface area contributed by atoms with Gasteiger partial charge >= 0.3 is 0 Å². The standard InChI is InChI=1S/C11H16N2O/c1-8(2)14-9-3-6-13-10(7-9)11(12)4-5-11/h3,6-8H,4-5,12H2,1-2H3. The minimum Gasteiger partial charge on any atom is -0.491 e. The second kappa shape index (κ2) is 3.24. The highest BCUT2D eigenvalue weighted by Crippen LogP contribution is 2.42. The molecule has 2 N–H and O–H groups in total. The first-order valence-electron chi connectivity index (χ1n) is 5.02. The predicted molar refractivity (Wildman–Crippen MR) is 55.1 cm³/mol. The van der Waals surface area contributed by atoms with E-state index in [1.807, 2.05) is 26.0 Å². The molecule has 0 atom stereocenters. The molecule has 2 rings (SSSR count). The number of nitrogens with two attached hydrogens (primary N) is 1. The largest absolute Gasteiger partial charge is 0.491 e. The van der Waals surface area contributed by atoms with Gasteiger partial charge in [0.15, 0.2) is 0 Å². The summed E-state index contributed by atoms with van der Waals surface area (Å²) in [5.41, 5.74) is 6.83. The molecule has 0 bridgehead atoms. The van der Waals surface area contributed by atoms with Gasteiger partial charge in [-0.3, -0.25) is 4.98 Å². The molecular weight excluding hydrogens is 176 g/mol. The lowest BCUT2D eigenvalue weighted by Crippen LogP contribution is -2.20. The maximum Gasteiger partial charge on any atom is 0.123 e.